The molecule has 0 aromatic heterocycles. The molecule has 16 heavy (non-hydrogen) atoms. The van der Waals surface area contributed by atoms with Crippen molar-refractivity contribution in [3.63, 3.8) is 0 Å². The average molecular weight is 258 g/mol. The number of hydrogen-bond acceptors (Lipinski definition) is 7. The summed E-state index contributed by atoms with van der Waals surface area (Å²) >= 11 is 0. The minimum Gasteiger partial charge on any atom is -0.391 e. The fraction of sp³-hybridized carbons (Fsp3) is 0.667. The maximum absolute atomic E-state index is 10.6. The number of likely N-dealkylation sites (N-methyl/N-ethyl adjacent to an activating group) is 2. The molecule has 0 saturated heterocycles. The molecule has 0 aromatic carbocycles. The molecule has 0 aliphatic carbocycles. The van der Waals surface area contributed by atoms with Crippen LogP contribution in [0, 0.1) is 0 Å². The monoisotopic (exact) mass is 258 g/mol. The Kier molecular flexibility index (Phi) is 9.94. The van der Waals surface area contributed by atoms with Crippen LogP contribution in [-0.4, -0.2) is 56.6 Å². The van der Waals surface area contributed by atoms with Crippen LogP contribution in [0.5, 0.6) is 0 Å². The topological polar surface area (TPSA) is 142 Å². The molecule has 0 radical (unpaired) electrons. The Labute approximate surface area is 92.7 Å². The van der Waals surface area contributed by atoms with Crippen molar-refractivity contribution >= 4 is 22.3 Å². The third-order valence-corrected chi connectivity index (χ3v) is 0.870. The van der Waals surface area contributed by atoms with Crippen molar-refractivity contribution in [1.29, 1.82) is 0 Å². The summed E-state index contributed by atoms with van der Waals surface area (Å²) < 4.78 is 35.9. The Morgan fingerprint density at radius 3 is 1.50 bits per heavy atom. The van der Waals surface area contributed by atoms with Crippen LogP contribution < -0.4 is 10.6 Å². The summed E-state index contributed by atoms with van der Waals surface area (Å²) in [5.41, 5.74) is 0. The lowest BCUT2D eigenvalue weighted by Gasteiger charge is -2.00. The molecule has 0 heterocycles. The Hall–Kier alpha value is -1.07. The second kappa shape index (κ2) is 9.18. The van der Waals surface area contributed by atoms with E-state index in [4.69, 9.17) is 17.5 Å². The van der Waals surface area contributed by atoms with E-state index in [0.29, 0.717) is 0 Å². The van der Waals surface area contributed by atoms with E-state index in [-0.39, 0.29) is 13.1 Å². The van der Waals surface area contributed by atoms with Crippen LogP contribution in [0.15, 0.2) is 0 Å². The maximum Gasteiger partial charge on any atom is 0.394 e. The lowest BCUT2D eigenvalue weighted by Crippen LogP contribution is -2.28. The molecule has 0 atom stereocenters. The summed E-state index contributed by atoms with van der Waals surface area (Å²) in [6, 6.07) is 0. The van der Waals surface area contributed by atoms with Crippen LogP contribution in [0.1, 0.15) is 0 Å². The van der Waals surface area contributed by atoms with Gasteiger partial charge in [0.2, 0.25) is 0 Å². The first-order valence-corrected chi connectivity index (χ1v) is 5.33. The number of hydrogen-bond donors (Lipinski definition) is 4. The fourth-order valence-electron chi connectivity index (χ4n) is 0.488. The van der Waals surface area contributed by atoms with Gasteiger partial charge in [0.25, 0.3) is 0 Å². The molecule has 0 rings (SSSR count). The highest BCUT2D eigenvalue weighted by molar-refractivity contribution is 7.79. The van der Waals surface area contributed by atoms with Gasteiger partial charge in [-0.2, -0.15) is 8.42 Å². The number of nitrogens with one attached hydrogen (secondary N) is 2. The van der Waals surface area contributed by atoms with E-state index in [2.05, 4.69) is 15.4 Å². The van der Waals surface area contributed by atoms with Crippen molar-refractivity contribution in [2.45, 2.75) is 0 Å². The third-order valence-electron chi connectivity index (χ3n) is 0.870. The smallest absolute Gasteiger partial charge is 0.391 e. The Balaban J connectivity index is 0. The summed E-state index contributed by atoms with van der Waals surface area (Å²) in [7, 11) is -1.46. The van der Waals surface area contributed by atoms with Crippen LogP contribution in [0.3, 0.4) is 0 Å². The Morgan fingerprint density at radius 1 is 1.06 bits per heavy atom. The fourth-order valence-corrected chi connectivity index (χ4v) is 0.488. The highest BCUT2D eigenvalue weighted by atomic mass is 32.3. The normalized spacial score (nSPS) is 10.0. The number of rotatable bonds is 4. The predicted molar refractivity (Wildman–Crippen MR) is 53.1 cm³/mol. The zero-order valence-electron chi connectivity index (χ0n) is 8.76. The van der Waals surface area contributed by atoms with Crippen molar-refractivity contribution in [1.82, 2.24) is 10.6 Å². The van der Waals surface area contributed by atoms with Crippen molar-refractivity contribution < 1.29 is 31.8 Å². The maximum atomic E-state index is 10.6. The molecule has 10 heteroatoms. The average Bonchev–Trinajstić information content (AvgIpc) is 2.00. The van der Waals surface area contributed by atoms with Crippen molar-refractivity contribution in [2.24, 2.45) is 0 Å². The van der Waals surface area contributed by atoms with E-state index in [1.54, 1.807) is 14.1 Å². The van der Waals surface area contributed by atoms with Gasteiger partial charge in [0.1, 0.15) is 0 Å². The molecule has 0 spiro atoms. The molecule has 4 N–H and O–H groups in total. The van der Waals surface area contributed by atoms with E-state index >= 15 is 0 Å². The molecule has 0 amide bonds. The van der Waals surface area contributed by atoms with E-state index in [1.807, 2.05) is 0 Å². The minimum absolute atomic E-state index is 0.0510. The van der Waals surface area contributed by atoms with E-state index in [0.717, 1.165) is 0 Å². The van der Waals surface area contributed by atoms with Crippen LogP contribution in [0.2, 0.25) is 0 Å². The largest absolute Gasteiger partial charge is 0.394 e. The second-order valence-corrected chi connectivity index (χ2v) is 3.25. The molecule has 0 aliphatic rings. The molecule has 0 bridgehead atoms. The molecule has 0 aromatic rings. The molecule has 96 valence electrons. The first kappa shape index (κ1) is 17.3. The standard InChI is InChI=1S/C6H12N2O3.H2O4S/c1-7-3-5(9)11-6(10)4-8-2;1-5(2,3)4/h7-8H,3-4H2,1-2H3;(H2,1,2,3,4). The highest BCUT2D eigenvalue weighted by Gasteiger charge is 2.06. The molecular weight excluding hydrogens is 244 g/mol. The highest BCUT2D eigenvalue weighted by Crippen LogP contribution is 1.77. The first-order chi connectivity index (χ1) is 7.20. The SMILES string of the molecule is CNCC(=O)OC(=O)CNC.O=S(=O)(O)O. The lowest BCUT2D eigenvalue weighted by molar-refractivity contribution is -0.158. The van der Waals surface area contributed by atoms with Crippen LogP contribution in [0.25, 0.3) is 0 Å². The quantitative estimate of drug-likeness (QED) is 0.252. The molecular formula is C6H14N2O7S. The summed E-state index contributed by atoms with van der Waals surface area (Å²) in [6.07, 6.45) is 0. The summed E-state index contributed by atoms with van der Waals surface area (Å²) in [5, 5.41) is 5.14. The van der Waals surface area contributed by atoms with Gasteiger partial charge in [-0.25, -0.2) is 0 Å². The van der Waals surface area contributed by atoms with Gasteiger partial charge in [0.05, 0.1) is 13.1 Å². The van der Waals surface area contributed by atoms with Gasteiger partial charge in [-0.15, -0.1) is 0 Å². The van der Waals surface area contributed by atoms with Gasteiger partial charge in [-0.3, -0.25) is 18.7 Å². The number of esters is 2. The van der Waals surface area contributed by atoms with Crippen molar-refractivity contribution in [3.8, 4) is 0 Å². The number of carbonyl (C=O) groups is 2. The molecule has 9 nitrogen and oxygen atoms in total. The zero-order chi connectivity index (χ0) is 13.2. The second-order valence-electron chi connectivity index (χ2n) is 2.35. The lowest BCUT2D eigenvalue weighted by atomic mass is 10.6. The van der Waals surface area contributed by atoms with Crippen molar-refractivity contribution in [2.75, 3.05) is 27.2 Å². The Morgan fingerprint density at radius 2 is 1.31 bits per heavy atom. The number of ether oxygens (including phenoxy) is 1. The Bertz CT molecular complexity index is 289. The van der Waals surface area contributed by atoms with Gasteiger partial charge in [-0.1, -0.05) is 0 Å². The van der Waals surface area contributed by atoms with E-state index in [1.165, 1.54) is 0 Å². The van der Waals surface area contributed by atoms with Gasteiger partial charge in [-0.05, 0) is 14.1 Å². The van der Waals surface area contributed by atoms with E-state index in [9.17, 15) is 9.59 Å². The van der Waals surface area contributed by atoms with Crippen LogP contribution >= 0.6 is 0 Å². The van der Waals surface area contributed by atoms with Crippen molar-refractivity contribution in [3.05, 3.63) is 0 Å². The number of carbonyl (C=O) groups excluding carboxylic acids is 2. The minimum atomic E-state index is -4.67. The van der Waals surface area contributed by atoms with E-state index < -0.39 is 22.3 Å². The summed E-state index contributed by atoms with van der Waals surface area (Å²) in [6.45, 7) is 0.102. The predicted octanol–water partition coefficient (Wildman–Crippen LogP) is -2.16. The zero-order valence-corrected chi connectivity index (χ0v) is 9.57. The van der Waals surface area contributed by atoms with Crippen LogP contribution in [-0.2, 0) is 24.7 Å². The van der Waals surface area contributed by atoms with Gasteiger partial charge in [0, 0.05) is 0 Å². The van der Waals surface area contributed by atoms with Gasteiger partial charge < -0.3 is 15.4 Å². The molecule has 0 unspecified atom stereocenters. The molecule has 0 aliphatic heterocycles. The van der Waals surface area contributed by atoms with Gasteiger partial charge in [0.15, 0.2) is 0 Å². The molecule has 0 fully saturated rings. The molecule has 0 saturated carbocycles. The first-order valence-electron chi connectivity index (χ1n) is 3.93. The third kappa shape index (κ3) is 23.1. The van der Waals surface area contributed by atoms with Crippen LogP contribution in [0.4, 0.5) is 0 Å². The summed E-state index contributed by atoms with van der Waals surface area (Å²) in [4.78, 5) is 21.2. The summed E-state index contributed by atoms with van der Waals surface area (Å²) in [5.74, 6) is -1.12. The van der Waals surface area contributed by atoms with Gasteiger partial charge >= 0.3 is 22.3 Å².